The molecule has 0 spiro atoms. The normalized spacial score (nSPS) is 18.9. The Balaban J connectivity index is 2.27. The molecule has 98 valence electrons. The van der Waals surface area contributed by atoms with Crippen LogP contribution in [0.25, 0.3) is 0 Å². The number of hydrogen-bond acceptors (Lipinski definition) is 3. The Kier molecular flexibility index (Phi) is 4.22. The maximum Gasteiger partial charge on any atom is 0.254 e. The van der Waals surface area contributed by atoms with E-state index in [1.54, 1.807) is 0 Å². The number of halogens is 1. The van der Waals surface area contributed by atoms with Gasteiger partial charge < -0.3 is 10.6 Å². The predicted molar refractivity (Wildman–Crippen MR) is 81.1 cm³/mol. The van der Waals surface area contributed by atoms with E-state index in [0.717, 1.165) is 28.0 Å². The molecule has 0 bridgehead atoms. The molecule has 1 saturated heterocycles. The number of nitrogens with two attached hydrogens (primary N) is 1. The maximum absolute atomic E-state index is 12.5. The fraction of sp³-hybridized carbons (Fsp3) is 0.462. The highest BCUT2D eigenvalue weighted by atomic mass is 79.9. The lowest BCUT2D eigenvalue weighted by molar-refractivity contribution is 0.0747. The van der Waals surface area contributed by atoms with Crippen molar-refractivity contribution < 1.29 is 4.79 Å². The van der Waals surface area contributed by atoms with Crippen LogP contribution in [0.15, 0.2) is 16.6 Å². The van der Waals surface area contributed by atoms with Crippen LogP contribution in [0.4, 0.5) is 5.69 Å². The molecule has 1 unspecified atom stereocenters. The lowest BCUT2D eigenvalue weighted by Crippen LogP contribution is -2.37. The van der Waals surface area contributed by atoms with E-state index in [-0.39, 0.29) is 5.91 Å². The summed E-state index contributed by atoms with van der Waals surface area (Å²) >= 11 is 5.30. The fourth-order valence-electron chi connectivity index (χ4n) is 2.11. The highest BCUT2D eigenvalue weighted by molar-refractivity contribution is 9.10. The number of hydrogen-bond donors (Lipinski definition) is 1. The molecule has 1 atom stereocenters. The monoisotopic (exact) mass is 328 g/mol. The minimum atomic E-state index is 0.0630. The van der Waals surface area contributed by atoms with Crippen LogP contribution in [0, 0.1) is 6.92 Å². The molecule has 3 nitrogen and oxygen atoms in total. The van der Waals surface area contributed by atoms with Gasteiger partial charge in [-0.15, -0.1) is 0 Å². The van der Waals surface area contributed by atoms with Gasteiger partial charge in [0, 0.05) is 34.6 Å². The van der Waals surface area contributed by atoms with E-state index in [1.165, 1.54) is 0 Å². The molecular formula is C13H17BrN2OS. The average molecular weight is 329 g/mol. The Morgan fingerprint density at radius 2 is 2.28 bits per heavy atom. The number of carbonyl (C=O) groups is 1. The zero-order valence-corrected chi connectivity index (χ0v) is 13.0. The zero-order chi connectivity index (χ0) is 13.3. The van der Waals surface area contributed by atoms with Crippen LogP contribution < -0.4 is 5.73 Å². The van der Waals surface area contributed by atoms with Crippen molar-refractivity contribution in [1.29, 1.82) is 0 Å². The molecule has 18 heavy (non-hydrogen) atoms. The van der Waals surface area contributed by atoms with Gasteiger partial charge in [0.1, 0.15) is 0 Å². The second kappa shape index (κ2) is 5.53. The number of benzene rings is 1. The molecule has 1 aromatic rings. The summed E-state index contributed by atoms with van der Waals surface area (Å²) in [6.45, 7) is 1.90. The summed E-state index contributed by atoms with van der Waals surface area (Å²) in [6.07, 6.45) is 1.08. The Morgan fingerprint density at radius 3 is 2.89 bits per heavy atom. The van der Waals surface area contributed by atoms with Crippen molar-refractivity contribution in [3.05, 3.63) is 27.7 Å². The summed E-state index contributed by atoms with van der Waals surface area (Å²) in [5, 5.41) is 0. The van der Waals surface area contributed by atoms with Crippen LogP contribution in [-0.4, -0.2) is 35.4 Å². The first-order valence-electron chi connectivity index (χ1n) is 5.91. The third kappa shape index (κ3) is 2.67. The standard InChI is InChI=1S/C13H17BrN2OS/c1-8-11(5-9(14)6-12(8)15)13(17)16(2)10-3-4-18-7-10/h5-6,10H,3-4,7,15H2,1-2H3. The number of rotatable bonds is 2. The van der Waals surface area contributed by atoms with Gasteiger partial charge in [0.05, 0.1) is 0 Å². The van der Waals surface area contributed by atoms with Gasteiger partial charge in [-0.05, 0) is 36.8 Å². The van der Waals surface area contributed by atoms with E-state index >= 15 is 0 Å². The van der Waals surface area contributed by atoms with Crippen molar-refractivity contribution in [1.82, 2.24) is 4.90 Å². The summed E-state index contributed by atoms with van der Waals surface area (Å²) < 4.78 is 0.850. The van der Waals surface area contributed by atoms with Crippen molar-refractivity contribution in [3.63, 3.8) is 0 Å². The van der Waals surface area contributed by atoms with Crippen molar-refractivity contribution in [2.75, 3.05) is 24.3 Å². The summed E-state index contributed by atoms with van der Waals surface area (Å²) in [6, 6.07) is 4.03. The molecule has 0 saturated carbocycles. The molecule has 1 aliphatic heterocycles. The van der Waals surface area contributed by atoms with Gasteiger partial charge in [0.25, 0.3) is 5.91 Å². The van der Waals surface area contributed by atoms with Gasteiger partial charge in [0.2, 0.25) is 0 Å². The Labute approximate surface area is 120 Å². The van der Waals surface area contributed by atoms with Crippen LogP contribution >= 0.6 is 27.7 Å². The van der Waals surface area contributed by atoms with Gasteiger partial charge in [-0.3, -0.25) is 4.79 Å². The van der Waals surface area contributed by atoms with Gasteiger partial charge in [-0.25, -0.2) is 0 Å². The summed E-state index contributed by atoms with van der Waals surface area (Å²) in [5.41, 5.74) is 8.12. The largest absolute Gasteiger partial charge is 0.398 e. The van der Waals surface area contributed by atoms with Gasteiger partial charge >= 0.3 is 0 Å². The maximum atomic E-state index is 12.5. The van der Waals surface area contributed by atoms with Crippen molar-refractivity contribution in [3.8, 4) is 0 Å². The number of thioether (sulfide) groups is 1. The first kappa shape index (κ1) is 13.7. The molecule has 2 N–H and O–H groups in total. The molecule has 1 aromatic carbocycles. The predicted octanol–water partition coefficient (Wildman–Crippen LogP) is 2.92. The number of anilines is 1. The molecule has 0 aromatic heterocycles. The second-order valence-electron chi connectivity index (χ2n) is 4.60. The van der Waals surface area contributed by atoms with Crippen molar-refractivity contribution in [2.24, 2.45) is 0 Å². The van der Waals surface area contributed by atoms with Crippen LogP contribution in [0.3, 0.4) is 0 Å². The molecule has 1 fully saturated rings. The lowest BCUT2D eigenvalue weighted by Gasteiger charge is -2.25. The Bertz CT molecular complexity index is 472. The zero-order valence-electron chi connectivity index (χ0n) is 10.6. The molecule has 0 radical (unpaired) electrons. The van der Waals surface area contributed by atoms with E-state index in [0.29, 0.717) is 17.3 Å². The molecular weight excluding hydrogens is 312 g/mol. The van der Waals surface area contributed by atoms with E-state index in [9.17, 15) is 4.79 Å². The summed E-state index contributed by atoms with van der Waals surface area (Å²) in [5.74, 6) is 2.24. The van der Waals surface area contributed by atoms with Crippen LogP contribution in [0.5, 0.6) is 0 Å². The van der Waals surface area contributed by atoms with Gasteiger partial charge in [-0.1, -0.05) is 15.9 Å². The summed E-state index contributed by atoms with van der Waals surface area (Å²) in [7, 11) is 1.88. The molecule has 1 amide bonds. The van der Waals surface area contributed by atoms with Crippen LogP contribution in [0.2, 0.25) is 0 Å². The SMILES string of the molecule is Cc1c(N)cc(Br)cc1C(=O)N(C)C1CCSC1. The molecule has 1 aliphatic rings. The smallest absolute Gasteiger partial charge is 0.254 e. The highest BCUT2D eigenvalue weighted by Gasteiger charge is 2.25. The molecule has 5 heteroatoms. The molecule has 1 heterocycles. The second-order valence-corrected chi connectivity index (χ2v) is 6.67. The van der Waals surface area contributed by atoms with E-state index in [1.807, 2.05) is 42.8 Å². The fourth-order valence-corrected chi connectivity index (χ4v) is 3.85. The third-order valence-corrected chi connectivity index (χ3v) is 5.02. The number of nitrogen functional groups attached to an aromatic ring is 1. The van der Waals surface area contributed by atoms with Crippen molar-refractivity contribution >= 4 is 39.3 Å². The van der Waals surface area contributed by atoms with E-state index in [4.69, 9.17) is 5.73 Å². The topological polar surface area (TPSA) is 46.3 Å². The number of carbonyl (C=O) groups excluding carboxylic acids is 1. The van der Waals surface area contributed by atoms with E-state index < -0.39 is 0 Å². The highest BCUT2D eigenvalue weighted by Crippen LogP contribution is 2.27. The number of amides is 1. The van der Waals surface area contributed by atoms with Crippen LogP contribution in [-0.2, 0) is 0 Å². The van der Waals surface area contributed by atoms with E-state index in [2.05, 4.69) is 15.9 Å². The van der Waals surface area contributed by atoms with Gasteiger partial charge in [0.15, 0.2) is 0 Å². The first-order valence-corrected chi connectivity index (χ1v) is 7.86. The minimum absolute atomic E-state index is 0.0630. The first-order chi connectivity index (χ1) is 8.50. The Morgan fingerprint density at radius 1 is 1.56 bits per heavy atom. The minimum Gasteiger partial charge on any atom is -0.398 e. The average Bonchev–Trinajstić information content (AvgIpc) is 2.85. The summed E-state index contributed by atoms with van der Waals surface area (Å²) in [4.78, 5) is 14.4. The van der Waals surface area contributed by atoms with Gasteiger partial charge in [-0.2, -0.15) is 11.8 Å². The number of nitrogens with zero attached hydrogens (tertiary/aromatic N) is 1. The molecule has 2 rings (SSSR count). The molecule has 0 aliphatic carbocycles. The Hall–Kier alpha value is -0.680. The third-order valence-electron chi connectivity index (χ3n) is 3.42. The van der Waals surface area contributed by atoms with Crippen LogP contribution in [0.1, 0.15) is 22.3 Å². The van der Waals surface area contributed by atoms with Crippen molar-refractivity contribution in [2.45, 2.75) is 19.4 Å². The quantitative estimate of drug-likeness (QED) is 0.849. The lowest BCUT2D eigenvalue weighted by atomic mass is 10.0.